The molecule has 4 heteroatoms. The zero-order valence-electron chi connectivity index (χ0n) is 11.6. The second-order valence-electron chi connectivity index (χ2n) is 5.46. The number of hydrogen-bond donors (Lipinski definition) is 1. The zero-order valence-corrected chi connectivity index (χ0v) is 12.4. The maximum Gasteiger partial charge on any atom is 0.123 e. The van der Waals surface area contributed by atoms with Gasteiger partial charge in [0.05, 0.1) is 12.3 Å². The molecular formula is C17H16N2OS. The normalized spacial score (nSPS) is 18.4. The van der Waals surface area contributed by atoms with Crippen molar-refractivity contribution in [3.63, 3.8) is 0 Å². The summed E-state index contributed by atoms with van der Waals surface area (Å²) in [7, 11) is 0. The Morgan fingerprint density at radius 1 is 1.14 bits per heavy atom. The Labute approximate surface area is 127 Å². The highest BCUT2D eigenvalue weighted by Gasteiger charge is 2.20. The first-order chi connectivity index (χ1) is 10.3. The molecule has 0 radical (unpaired) electrons. The fraction of sp³-hybridized carbons (Fsp3) is 0.235. The summed E-state index contributed by atoms with van der Waals surface area (Å²) < 4.78 is 5.45. The molecule has 1 aromatic heterocycles. The minimum absolute atomic E-state index is 0.464. The summed E-state index contributed by atoms with van der Waals surface area (Å²) in [6.07, 6.45) is 1.08. The van der Waals surface area contributed by atoms with Crippen molar-refractivity contribution in [3.8, 4) is 10.6 Å². The summed E-state index contributed by atoms with van der Waals surface area (Å²) in [5.41, 5.74) is 8.99. The molecule has 0 spiro atoms. The first kappa shape index (κ1) is 12.8. The SMILES string of the molecule is Nc1ccc2ccc(-c3nc(C4CCOC4)cs3)cc2c1. The lowest BCUT2D eigenvalue weighted by atomic mass is 10.1. The maximum absolute atomic E-state index is 5.87. The van der Waals surface area contributed by atoms with Crippen molar-refractivity contribution in [1.82, 2.24) is 4.98 Å². The van der Waals surface area contributed by atoms with Crippen LogP contribution in [0.3, 0.4) is 0 Å². The second kappa shape index (κ2) is 5.13. The number of anilines is 1. The number of benzene rings is 2. The molecule has 21 heavy (non-hydrogen) atoms. The molecule has 0 amide bonds. The van der Waals surface area contributed by atoms with E-state index in [0.29, 0.717) is 5.92 Å². The summed E-state index contributed by atoms with van der Waals surface area (Å²) in [4.78, 5) is 4.80. The van der Waals surface area contributed by atoms with Crippen molar-refractivity contribution in [1.29, 1.82) is 0 Å². The van der Waals surface area contributed by atoms with Crippen LogP contribution in [-0.2, 0) is 4.74 Å². The average Bonchev–Trinajstić information content (AvgIpc) is 3.17. The molecular weight excluding hydrogens is 280 g/mol. The van der Waals surface area contributed by atoms with Crippen LogP contribution in [0, 0.1) is 0 Å². The lowest BCUT2D eigenvalue weighted by Gasteiger charge is -2.03. The summed E-state index contributed by atoms with van der Waals surface area (Å²) >= 11 is 1.70. The van der Waals surface area contributed by atoms with Crippen LogP contribution in [0.25, 0.3) is 21.3 Å². The number of thiazole rings is 1. The van der Waals surface area contributed by atoms with Crippen molar-refractivity contribution in [2.75, 3.05) is 18.9 Å². The fourth-order valence-electron chi connectivity index (χ4n) is 2.77. The van der Waals surface area contributed by atoms with E-state index >= 15 is 0 Å². The summed E-state index contributed by atoms with van der Waals surface area (Å²) in [5.74, 6) is 0.464. The summed E-state index contributed by atoms with van der Waals surface area (Å²) in [6, 6.07) is 12.4. The summed E-state index contributed by atoms with van der Waals surface area (Å²) in [6.45, 7) is 1.66. The Morgan fingerprint density at radius 2 is 2.05 bits per heavy atom. The van der Waals surface area contributed by atoms with Gasteiger partial charge in [-0.05, 0) is 35.4 Å². The molecule has 3 nitrogen and oxygen atoms in total. The van der Waals surface area contributed by atoms with Gasteiger partial charge in [0.25, 0.3) is 0 Å². The molecule has 1 aliphatic rings. The Morgan fingerprint density at radius 3 is 2.90 bits per heavy atom. The molecule has 106 valence electrons. The number of nitrogen functional groups attached to an aromatic ring is 1. The molecule has 0 aliphatic carbocycles. The predicted molar refractivity (Wildman–Crippen MR) is 87.6 cm³/mol. The third-order valence-electron chi connectivity index (χ3n) is 3.98. The number of aromatic nitrogens is 1. The van der Waals surface area contributed by atoms with Crippen LogP contribution in [0.2, 0.25) is 0 Å². The van der Waals surface area contributed by atoms with E-state index in [1.807, 2.05) is 12.1 Å². The van der Waals surface area contributed by atoms with Gasteiger partial charge in [-0.2, -0.15) is 0 Å². The predicted octanol–water partition coefficient (Wildman–Crippen LogP) is 4.05. The minimum atomic E-state index is 0.464. The molecule has 1 saturated heterocycles. The van der Waals surface area contributed by atoms with Crippen molar-refractivity contribution in [3.05, 3.63) is 47.5 Å². The molecule has 2 heterocycles. The Kier molecular flexibility index (Phi) is 3.13. The molecule has 1 unspecified atom stereocenters. The molecule has 0 bridgehead atoms. The fourth-order valence-corrected chi connectivity index (χ4v) is 3.67. The van der Waals surface area contributed by atoms with Crippen molar-refractivity contribution in [2.24, 2.45) is 0 Å². The molecule has 0 saturated carbocycles. The third-order valence-corrected chi connectivity index (χ3v) is 4.89. The number of fused-ring (bicyclic) bond motifs is 1. The third kappa shape index (κ3) is 2.41. The van der Waals surface area contributed by atoms with Crippen LogP contribution in [0.1, 0.15) is 18.0 Å². The van der Waals surface area contributed by atoms with E-state index in [9.17, 15) is 0 Å². The van der Waals surface area contributed by atoms with Gasteiger partial charge in [0.15, 0.2) is 0 Å². The van der Waals surface area contributed by atoms with Crippen molar-refractivity contribution < 1.29 is 4.74 Å². The minimum Gasteiger partial charge on any atom is -0.399 e. The van der Waals surface area contributed by atoms with Gasteiger partial charge in [-0.1, -0.05) is 18.2 Å². The molecule has 3 aromatic rings. The van der Waals surface area contributed by atoms with E-state index in [-0.39, 0.29) is 0 Å². The Bertz CT molecular complexity index is 790. The van der Waals surface area contributed by atoms with E-state index in [4.69, 9.17) is 15.5 Å². The van der Waals surface area contributed by atoms with Crippen LogP contribution in [0.15, 0.2) is 41.8 Å². The van der Waals surface area contributed by atoms with Crippen LogP contribution >= 0.6 is 11.3 Å². The molecule has 2 N–H and O–H groups in total. The molecule has 1 atom stereocenters. The van der Waals surface area contributed by atoms with Gasteiger partial charge < -0.3 is 10.5 Å². The topological polar surface area (TPSA) is 48.1 Å². The second-order valence-corrected chi connectivity index (χ2v) is 6.32. The zero-order chi connectivity index (χ0) is 14.2. The molecule has 1 fully saturated rings. The monoisotopic (exact) mass is 296 g/mol. The molecule has 1 aliphatic heterocycles. The number of hydrogen-bond acceptors (Lipinski definition) is 4. The largest absolute Gasteiger partial charge is 0.399 e. The number of nitrogens with two attached hydrogens (primary N) is 1. The highest BCUT2D eigenvalue weighted by molar-refractivity contribution is 7.13. The maximum atomic E-state index is 5.87. The number of ether oxygens (including phenoxy) is 1. The van der Waals surface area contributed by atoms with E-state index in [0.717, 1.165) is 41.3 Å². The van der Waals surface area contributed by atoms with Gasteiger partial charge in [-0.3, -0.25) is 0 Å². The van der Waals surface area contributed by atoms with E-state index in [1.54, 1.807) is 11.3 Å². The van der Waals surface area contributed by atoms with Gasteiger partial charge in [-0.15, -0.1) is 11.3 Å². The lowest BCUT2D eigenvalue weighted by molar-refractivity contribution is 0.193. The average molecular weight is 296 g/mol. The highest BCUT2D eigenvalue weighted by Crippen LogP contribution is 2.32. The van der Waals surface area contributed by atoms with E-state index in [1.165, 1.54) is 11.1 Å². The van der Waals surface area contributed by atoms with Gasteiger partial charge in [0, 0.05) is 29.2 Å². The van der Waals surface area contributed by atoms with Crippen LogP contribution < -0.4 is 5.73 Å². The van der Waals surface area contributed by atoms with Gasteiger partial charge in [0.1, 0.15) is 5.01 Å². The van der Waals surface area contributed by atoms with E-state index in [2.05, 4.69) is 29.6 Å². The molecule has 2 aromatic carbocycles. The van der Waals surface area contributed by atoms with Gasteiger partial charge in [0.2, 0.25) is 0 Å². The molecule has 4 rings (SSSR count). The first-order valence-electron chi connectivity index (χ1n) is 7.12. The first-order valence-corrected chi connectivity index (χ1v) is 8.00. The van der Waals surface area contributed by atoms with Crippen molar-refractivity contribution in [2.45, 2.75) is 12.3 Å². The number of rotatable bonds is 2. The van der Waals surface area contributed by atoms with Crippen LogP contribution in [0.5, 0.6) is 0 Å². The standard InChI is InChI=1S/C17H16N2OS/c18-15-4-3-11-1-2-12(7-14(11)8-15)17-19-16(10-21-17)13-5-6-20-9-13/h1-4,7-8,10,13H,5-6,9,18H2. The van der Waals surface area contributed by atoms with Gasteiger partial charge in [-0.25, -0.2) is 4.98 Å². The van der Waals surface area contributed by atoms with Gasteiger partial charge >= 0.3 is 0 Å². The smallest absolute Gasteiger partial charge is 0.123 e. The van der Waals surface area contributed by atoms with Crippen LogP contribution in [-0.4, -0.2) is 18.2 Å². The summed E-state index contributed by atoms with van der Waals surface area (Å²) in [5, 5.41) is 5.60. The highest BCUT2D eigenvalue weighted by atomic mass is 32.1. The Hall–Kier alpha value is -1.91. The van der Waals surface area contributed by atoms with E-state index < -0.39 is 0 Å². The lowest BCUT2D eigenvalue weighted by Crippen LogP contribution is -1.97. The number of nitrogens with zero attached hydrogens (tertiary/aromatic N) is 1. The Balaban J connectivity index is 1.72. The quantitative estimate of drug-likeness (QED) is 0.726. The van der Waals surface area contributed by atoms with Crippen molar-refractivity contribution >= 4 is 27.8 Å². The van der Waals surface area contributed by atoms with Crippen LogP contribution in [0.4, 0.5) is 5.69 Å².